The van der Waals surface area contributed by atoms with Crippen molar-refractivity contribution in [2.75, 3.05) is 0 Å². The van der Waals surface area contributed by atoms with E-state index in [4.69, 9.17) is 19.4 Å². The summed E-state index contributed by atoms with van der Waals surface area (Å²) >= 11 is 0. The van der Waals surface area contributed by atoms with Gasteiger partial charge in [-0.05, 0) is 85.4 Å². The lowest BCUT2D eigenvalue weighted by Gasteiger charge is -2.16. The van der Waals surface area contributed by atoms with Gasteiger partial charge in [-0.1, -0.05) is 194 Å². The van der Waals surface area contributed by atoms with E-state index in [-0.39, 0.29) is 0 Å². The van der Waals surface area contributed by atoms with Gasteiger partial charge in [0.2, 0.25) is 0 Å². The molecule has 0 aliphatic heterocycles. The molecule has 294 valence electrons. The van der Waals surface area contributed by atoms with Gasteiger partial charge in [0.05, 0.1) is 0 Å². The van der Waals surface area contributed by atoms with Crippen molar-refractivity contribution in [1.29, 1.82) is 0 Å². The molecule has 10 aromatic carbocycles. The second-order valence-electron chi connectivity index (χ2n) is 15.9. The molecule has 4 nitrogen and oxygen atoms in total. The van der Waals surface area contributed by atoms with Gasteiger partial charge < -0.3 is 4.42 Å². The van der Waals surface area contributed by atoms with Crippen molar-refractivity contribution in [2.24, 2.45) is 0 Å². The van der Waals surface area contributed by atoms with Crippen LogP contribution in [0.2, 0.25) is 0 Å². The standard InChI is InChI=1S/C59H37N3O/c1-4-16-38(17-5-1)42-22-14-24-46(34-42)57-60-58(47-25-15-23-43(35-47)45-33-31-40-30-32-44(36-48(40)37-45)39-18-6-2-7-19-39)62-59(61-57)55-53(41-20-8-3-9-21-41)49-26-10-11-27-50(49)56-54(55)51-28-12-13-29-52(51)63-56/h1-37H. The summed E-state index contributed by atoms with van der Waals surface area (Å²) in [5.74, 6) is 1.75. The molecule has 0 radical (unpaired) electrons. The number of fused-ring (bicyclic) bond motifs is 6. The molecule has 2 heterocycles. The van der Waals surface area contributed by atoms with Crippen LogP contribution in [0, 0.1) is 0 Å². The molecule has 0 aliphatic carbocycles. The zero-order valence-corrected chi connectivity index (χ0v) is 34.1. The van der Waals surface area contributed by atoms with Gasteiger partial charge >= 0.3 is 0 Å². The van der Waals surface area contributed by atoms with Crippen molar-refractivity contribution < 1.29 is 4.42 Å². The monoisotopic (exact) mass is 803 g/mol. The van der Waals surface area contributed by atoms with Crippen molar-refractivity contribution in [3.8, 4) is 78.7 Å². The summed E-state index contributed by atoms with van der Waals surface area (Å²) in [5, 5.41) is 6.46. The molecular formula is C59H37N3O. The first-order valence-corrected chi connectivity index (χ1v) is 21.3. The summed E-state index contributed by atoms with van der Waals surface area (Å²) in [5.41, 5.74) is 13.2. The van der Waals surface area contributed by atoms with E-state index in [0.717, 1.165) is 82.8 Å². The maximum absolute atomic E-state index is 6.77. The fourth-order valence-corrected chi connectivity index (χ4v) is 9.06. The normalized spacial score (nSPS) is 11.5. The first-order chi connectivity index (χ1) is 31.2. The van der Waals surface area contributed by atoms with E-state index in [1.807, 2.05) is 18.2 Å². The largest absolute Gasteiger partial charge is 0.455 e. The average molecular weight is 804 g/mol. The second kappa shape index (κ2) is 15.2. The Labute approximate surface area is 364 Å². The molecule has 0 aliphatic rings. The minimum absolute atomic E-state index is 0.575. The van der Waals surface area contributed by atoms with Crippen LogP contribution in [0.5, 0.6) is 0 Å². The lowest BCUT2D eigenvalue weighted by Crippen LogP contribution is -2.02. The Morgan fingerprint density at radius 1 is 0.270 bits per heavy atom. The summed E-state index contributed by atoms with van der Waals surface area (Å²) in [7, 11) is 0. The molecule has 0 N–H and O–H groups in total. The Kier molecular flexibility index (Phi) is 8.79. The molecule has 0 bridgehead atoms. The van der Waals surface area contributed by atoms with E-state index in [0.29, 0.717) is 17.5 Å². The molecule has 12 aromatic rings. The molecule has 0 atom stereocenters. The van der Waals surface area contributed by atoms with Crippen LogP contribution in [0.3, 0.4) is 0 Å². The summed E-state index contributed by atoms with van der Waals surface area (Å²) in [6.07, 6.45) is 0. The zero-order valence-electron chi connectivity index (χ0n) is 34.1. The minimum atomic E-state index is 0.575. The molecule has 4 heteroatoms. The van der Waals surface area contributed by atoms with Gasteiger partial charge in [0.25, 0.3) is 0 Å². The molecule has 0 spiro atoms. The molecule has 0 amide bonds. The fourth-order valence-electron chi connectivity index (χ4n) is 9.06. The van der Waals surface area contributed by atoms with Gasteiger partial charge in [-0.2, -0.15) is 0 Å². The maximum atomic E-state index is 6.77. The molecule has 0 saturated carbocycles. The van der Waals surface area contributed by atoms with E-state index < -0.39 is 0 Å². The SMILES string of the molecule is c1ccc(-c2cccc(-c3nc(-c4cccc(-c5ccc6ccc(-c7ccccc7)cc6c5)c4)nc(-c4c(-c5ccccc5)c5ccccc5c5oc6ccccc6c45)n3)c2)cc1. The van der Waals surface area contributed by atoms with Crippen molar-refractivity contribution in [3.63, 3.8) is 0 Å². The van der Waals surface area contributed by atoms with Gasteiger partial charge in [0, 0.05) is 38.4 Å². The smallest absolute Gasteiger partial charge is 0.165 e. The molecule has 2 aromatic heterocycles. The maximum Gasteiger partial charge on any atom is 0.165 e. The Morgan fingerprint density at radius 2 is 0.714 bits per heavy atom. The third-order valence-corrected chi connectivity index (χ3v) is 12.1. The highest BCUT2D eigenvalue weighted by Gasteiger charge is 2.25. The quantitative estimate of drug-likeness (QED) is 0.161. The second-order valence-corrected chi connectivity index (χ2v) is 15.9. The third-order valence-electron chi connectivity index (χ3n) is 12.1. The van der Waals surface area contributed by atoms with Crippen molar-refractivity contribution in [3.05, 3.63) is 224 Å². The topological polar surface area (TPSA) is 51.8 Å². The van der Waals surface area contributed by atoms with Crippen molar-refractivity contribution in [2.45, 2.75) is 0 Å². The van der Waals surface area contributed by atoms with Gasteiger partial charge in [0.15, 0.2) is 17.5 Å². The molecule has 12 rings (SSSR count). The van der Waals surface area contributed by atoms with Crippen LogP contribution in [0.25, 0.3) is 122 Å². The zero-order chi connectivity index (χ0) is 41.7. The predicted octanol–water partition coefficient (Wildman–Crippen LogP) is 15.7. The van der Waals surface area contributed by atoms with Crippen LogP contribution in [-0.2, 0) is 0 Å². The molecule has 0 fully saturated rings. The highest BCUT2D eigenvalue weighted by molar-refractivity contribution is 6.26. The van der Waals surface area contributed by atoms with Crippen LogP contribution in [0.15, 0.2) is 229 Å². The van der Waals surface area contributed by atoms with Crippen LogP contribution in [0.1, 0.15) is 0 Å². The molecule has 0 saturated heterocycles. The third kappa shape index (κ3) is 6.53. The summed E-state index contributed by atoms with van der Waals surface area (Å²) in [4.78, 5) is 16.2. The highest BCUT2D eigenvalue weighted by atomic mass is 16.3. The van der Waals surface area contributed by atoms with Crippen LogP contribution >= 0.6 is 0 Å². The van der Waals surface area contributed by atoms with E-state index in [1.54, 1.807) is 0 Å². The van der Waals surface area contributed by atoms with E-state index in [2.05, 4.69) is 206 Å². The van der Waals surface area contributed by atoms with E-state index >= 15 is 0 Å². The van der Waals surface area contributed by atoms with Crippen LogP contribution in [-0.4, -0.2) is 15.0 Å². The molecule has 0 unspecified atom stereocenters. The molecule has 63 heavy (non-hydrogen) atoms. The predicted molar refractivity (Wildman–Crippen MR) is 260 cm³/mol. The number of nitrogens with zero attached hydrogens (tertiary/aromatic N) is 3. The Morgan fingerprint density at radius 3 is 1.33 bits per heavy atom. The lowest BCUT2D eigenvalue weighted by molar-refractivity contribution is 0.672. The number of benzene rings is 10. The van der Waals surface area contributed by atoms with E-state index in [9.17, 15) is 0 Å². The van der Waals surface area contributed by atoms with Crippen molar-refractivity contribution in [1.82, 2.24) is 15.0 Å². The number of para-hydroxylation sites is 1. The van der Waals surface area contributed by atoms with Crippen LogP contribution in [0.4, 0.5) is 0 Å². The minimum Gasteiger partial charge on any atom is -0.455 e. The Bertz CT molecular complexity index is 3670. The fraction of sp³-hybridized carbons (Fsp3) is 0. The highest BCUT2D eigenvalue weighted by Crippen LogP contribution is 2.47. The van der Waals surface area contributed by atoms with E-state index in [1.165, 1.54) is 21.9 Å². The van der Waals surface area contributed by atoms with Gasteiger partial charge in [-0.3, -0.25) is 0 Å². The number of hydrogen-bond acceptors (Lipinski definition) is 4. The van der Waals surface area contributed by atoms with Gasteiger partial charge in [-0.15, -0.1) is 0 Å². The van der Waals surface area contributed by atoms with Gasteiger partial charge in [-0.25, -0.2) is 15.0 Å². The van der Waals surface area contributed by atoms with Crippen LogP contribution < -0.4 is 0 Å². The Hall–Kier alpha value is -8.47. The summed E-state index contributed by atoms with van der Waals surface area (Å²) < 4.78 is 6.77. The average Bonchev–Trinajstić information content (AvgIpc) is 3.76. The number of rotatable bonds is 7. The Balaban J connectivity index is 1.11. The first-order valence-electron chi connectivity index (χ1n) is 21.3. The summed E-state index contributed by atoms with van der Waals surface area (Å²) in [6, 6.07) is 78.7. The van der Waals surface area contributed by atoms with Gasteiger partial charge in [0.1, 0.15) is 11.2 Å². The molecular weight excluding hydrogens is 767 g/mol. The summed E-state index contributed by atoms with van der Waals surface area (Å²) in [6.45, 7) is 0. The van der Waals surface area contributed by atoms with Crippen molar-refractivity contribution >= 4 is 43.5 Å². The number of furan rings is 1. The lowest BCUT2D eigenvalue weighted by atomic mass is 9.89. The number of hydrogen-bond donors (Lipinski definition) is 0. The number of aromatic nitrogens is 3. The first kappa shape index (κ1) is 36.4.